The summed E-state index contributed by atoms with van der Waals surface area (Å²) in [5, 5.41) is 8.71. The van der Waals surface area contributed by atoms with E-state index < -0.39 is 5.97 Å². The molecule has 0 bridgehead atoms. The maximum Gasteiger partial charge on any atom is 0.328 e. The second kappa shape index (κ2) is 6.55. The summed E-state index contributed by atoms with van der Waals surface area (Å²) in [6, 6.07) is 1.86. The average Bonchev–Trinajstić information content (AvgIpc) is 2.87. The minimum absolute atomic E-state index is 0.0562. The predicted octanol–water partition coefficient (Wildman–Crippen LogP) is 2.63. The molecule has 1 N–H and O–H groups in total. The number of aromatic nitrogens is 1. The SMILES string of the molecule is CCCCCn1c2c(cc(/C=C/C(=O)O)c1=O)CCC2. The summed E-state index contributed by atoms with van der Waals surface area (Å²) in [5.41, 5.74) is 2.79. The highest BCUT2D eigenvalue weighted by Gasteiger charge is 2.17. The van der Waals surface area contributed by atoms with E-state index in [-0.39, 0.29) is 5.56 Å². The van der Waals surface area contributed by atoms with E-state index in [1.165, 1.54) is 11.6 Å². The molecule has 1 aliphatic carbocycles. The summed E-state index contributed by atoms with van der Waals surface area (Å²) < 4.78 is 1.86. The van der Waals surface area contributed by atoms with E-state index in [0.29, 0.717) is 5.56 Å². The largest absolute Gasteiger partial charge is 0.478 e. The van der Waals surface area contributed by atoms with Crippen LogP contribution >= 0.6 is 0 Å². The van der Waals surface area contributed by atoms with Crippen molar-refractivity contribution in [2.45, 2.75) is 52.0 Å². The van der Waals surface area contributed by atoms with Crippen LogP contribution in [0.4, 0.5) is 0 Å². The number of aryl methyl sites for hydroxylation is 1. The van der Waals surface area contributed by atoms with E-state index in [9.17, 15) is 9.59 Å². The first-order chi connectivity index (χ1) is 9.63. The molecule has 1 aliphatic rings. The zero-order valence-corrected chi connectivity index (χ0v) is 11.9. The summed E-state index contributed by atoms with van der Waals surface area (Å²) in [6.45, 7) is 2.88. The minimum Gasteiger partial charge on any atom is -0.478 e. The summed E-state index contributed by atoms with van der Waals surface area (Å²) in [5.74, 6) is -1.03. The highest BCUT2D eigenvalue weighted by atomic mass is 16.4. The summed E-state index contributed by atoms with van der Waals surface area (Å²) in [7, 11) is 0. The summed E-state index contributed by atoms with van der Waals surface area (Å²) >= 11 is 0. The Kier molecular flexibility index (Phi) is 4.77. The molecule has 4 heteroatoms. The molecule has 0 atom stereocenters. The van der Waals surface area contributed by atoms with E-state index in [1.807, 2.05) is 10.6 Å². The highest BCUT2D eigenvalue weighted by molar-refractivity contribution is 5.85. The second-order valence-corrected chi connectivity index (χ2v) is 5.26. The van der Waals surface area contributed by atoms with E-state index in [1.54, 1.807) is 0 Å². The number of hydrogen-bond acceptors (Lipinski definition) is 2. The van der Waals surface area contributed by atoms with Crippen molar-refractivity contribution in [1.82, 2.24) is 4.57 Å². The van der Waals surface area contributed by atoms with Gasteiger partial charge >= 0.3 is 5.97 Å². The van der Waals surface area contributed by atoms with E-state index in [0.717, 1.165) is 56.8 Å². The van der Waals surface area contributed by atoms with Crippen molar-refractivity contribution in [1.29, 1.82) is 0 Å². The molecule has 20 heavy (non-hydrogen) atoms. The van der Waals surface area contributed by atoms with Crippen molar-refractivity contribution in [3.8, 4) is 0 Å². The van der Waals surface area contributed by atoms with Gasteiger partial charge in [0.2, 0.25) is 0 Å². The quantitative estimate of drug-likeness (QED) is 0.641. The predicted molar refractivity (Wildman–Crippen MR) is 78.9 cm³/mol. The van der Waals surface area contributed by atoms with Crippen LogP contribution in [-0.4, -0.2) is 15.6 Å². The van der Waals surface area contributed by atoms with Gasteiger partial charge in [0.25, 0.3) is 5.56 Å². The minimum atomic E-state index is -1.03. The molecule has 0 saturated carbocycles. The maximum absolute atomic E-state index is 12.5. The van der Waals surface area contributed by atoms with Crippen molar-refractivity contribution >= 4 is 12.0 Å². The van der Waals surface area contributed by atoms with Crippen LogP contribution in [0.3, 0.4) is 0 Å². The third-order valence-corrected chi connectivity index (χ3v) is 3.77. The zero-order chi connectivity index (χ0) is 14.5. The Morgan fingerprint density at radius 1 is 1.40 bits per heavy atom. The first-order valence-electron chi connectivity index (χ1n) is 7.30. The monoisotopic (exact) mass is 275 g/mol. The lowest BCUT2D eigenvalue weighted by atomic mass is 10.1. The van der Waals surface area contributed by atoms with Gasteiger partial charge < -0.3 is 9.67 Å². The Morgan fingerprint density at radius 2 is 2.20 bits per heavy atom. The number of carboxylic acids is 1. The molecule has 0 amide bonds. The lowest BCUT2D eigenvalue weighted by Crippen LogP contribution is -2.25. The number of carboxylic acid groups (broad SMARTS) is 1. The first-order valence-corrected chi connectivity index (χ1v) is 7.30. The molecule has 2 rings (SSSR count). The lowest BCUT2D eigenvalue weighted by molar-refractivity contribution is -0.131. The smallest absolute Gasteiger partial charge is 0.328 e. The summed E-state index contributed by atoms with van der Waals surface area (Å²) in [6.07, 6.45) is 8.69. The summed E-state index contributed by atoms with van der Waals surface area (Å²) in [4.78, 5) is 23.1. The van der Waals surface area contributed by atoms with Crippen molar-refractivity contribution in [3.63, 3.8) is 0 Å². The van der Waals surface area contributed by atoms with Crippen LogP contribution in [0.15, 0.2) is 16.9 Å². The number of rotatable bonds is 6. The molecule has 108 valence electrons. The molecule has 1 aromatic rings. The fourth-order valence-electron chi connectivity index (χ4n) is 2.78. The van der Waals surface area contributed by atoms with Crippen molar-refractivity contribution < 1.29 is 9.90 Å². The first kappa shape index (κ1) is 14.6. The topological polar surface area (TPSA) is 59.3 Å². The molecule has 0 unspecified atom stereocenters. The molecule has 0 aliphatic heterocycles. The molecule has 0 aromatic carbocycles. The molecule has 1 aromatic heterocycles. The number of carbonyl (C=O) groups is 1. The average molecular weight is 275 g/mol. The molecule has 0 fully saturated rings. The molecule has 0 saturated heterocycles. The van der Waals surface area contributed by atoms with Crippen LogP contribution in [0, 0.1) is 0 Å². The Morgan fingerprint density at radius 3 is 2.90 bits per heavy atom. The third kappa shape index (κ3) is 3.18. The molecular weight excluding hydrogens is 254 g/mol. The van der Waals surface area contributed by atoms with Crippen LogP contribution in [0.1, 0.15) is 49.4 Å². The van der Waals surface area contributed by atoms with Gasteiger partial charge in [-0.25, -0.2) is 4.79 Å². The standard InChI is InChI=1S/C16H21NO3/c1-2-3-4-10-17-14-7-5-6-12(14)11-13(16(17)20)8-9-15(18)19/h8-9,11H,2-7,10H2,1H3,(H,18,19)/b9-8+. The van der Waals surface area contributed by atoms with Gasteiger partial charge in [-0.1, -0.05) is 19.8 Å². The normalized spacial score (nSPS) is 13.8. The lowest BCUT2D eigenvalue weighted by Gasteiger charge is -2.13. The van der Waals surface area contributed by atoms with Crippen molar-refractivity contribution in [2.24, 2.45) is 0 Å². The van der Waals surface area contributed by atoms with Crippen LogP contribution in [0.25, 0.3) is 6.08 Å². The Balaban J connectivity index is 2.38. The van der Waals surface area contributed by atoms with Gasteiger partial charge in [0.15, 0.2) is 0 Å². The molecular formula is C16H21NO3. The molecule has 1 heterocycles. The van der Waals surface area contributed by atoms with E-state index in [4.69, 9.17) is 5.11 Å². The number of unbranched alkanes of at least 4 members (excludes halogenated alkanes) is 2. The van der Waals surface area contributed by atoms with Crippen LogP contribution in [0.5, 0.6) is 0 Å². The number of nitrogens with zero attached hydrogens (tertiary/aromatic N) is 1. The fraction of sp³-hybridized carbons (Fsp3) is 0.500. The molecule has 4 nitrogen and oxygen atoms in total. The third-order valence-electron chi connectivity index (χ3n) is 3.77. The van der Waals surface area contributed by atoms with E-state index >= 15 is 0 Å². The van der Waals surface area contributed by atoms with Crippen LogP contribution < -0.4 is 5.56 Å². The molecule has 0 spiro atoms. The fourth-order valence-corrected chi connectivity index (χ4v) is 2.78. The Hall–Kier alpha value is -1.84. The Labute approximate surface area is 118 Å². The van der Waals surface area contributed by atoms with Crippen LogP contribution in [-0.2, 0) is 24.2 Å². The zero-order valence-electron chi connectivity index (χ0n) is 11.9. The van der Waals surface area contributed by atoms with Crippen molar-refractivity contribution in [2.75, 3.05) is 0 Å². The Bertz CT molecular complexity index is 584. The maximum atomic E-state index is 12.5. The van der Waals surface area contributed by atoms with Gasteiger partial charge in [-0.15, -0.1) is 0 Å². The van der Waals surface area contributed by atoms with Gasteiger partial charge in [0.05, 0.1) is 0 Å². The van der Waals surface area contributed by atoms with E-state index in [2.05, 4.69) is 6.92 Å². The highest BCUT2D eigenvalue weighted by Crippen LogP contribution is 2.22. The van der Waals surface area contributed by atoms with Gasteiger partial charge in [-0.05, 0) is 43.4 Å². The van der Waals surface area contributed by atoms with Crippen LogP contribution in [0.2, 0.25) is 0 Å². The van der Waals surface area contributed by atoms with Gasteiger partial charge in [-0.3, -0.25) is 4.79 Å². The number of pyridine rings is 1. The second-order valence-electron chi connectivity index (χ2n) is 5.26. The number of hydrogen-bond donors (Lipinski definition) is 1. The van der Waals surface area contributed by atoms with Gasteiger partial charge in [0, 0.05) is 23.9 Å². The van der Waals surface area contributed by atoms with Gasteiger partial charge in [-0.2, -0.15) is 0 Å². The number of aliphatic carboxylic acids is 1. The van der Waals surface area contributed by atoms with Crippen molar-refractivity contribution in [3.05, 3.63) is 39.3 Å². The van der Waals surface area contributed by atoms with Gasteiger partial charge in [0.1, 0.15) is 0 Å². The number of fused-ring (bicyclic) bond motifs is 1. The molecule has 0 radical (unpaired) electrons.